The van der Waals surface area contributed by atoms with Gasteiger partial charge in [-0.05, 0) is 23.7 Å². The highest BCUT2D eigenvalue weighted by molar-refractivity contribution is 9.10. The summed E-state index contributed by atoms with van der Waals surface area (Å²) in [6, 6.07) is 5.23. The minimum Gasteiger partial charge on any atom is -0.360 e. The highest BCUT2D eigenvalue weighted by atomic mass is 79.9. The number of rotatable bonds is 1. The van der Waals surface area contributed by atoms with E-state index in [1.807, 2.05) is 0 Å². The molecule has 0 bridgehead atoms. The zero-order chi connectivity index (χ0) is 15.2. The number of nitrogens with one attached hydrogen (secondary N) is 1. The van der Waals surface area contributed by atoms with Crippen LogP contribution in [0.3, 0.4) is 0 Å². The van der Waals surface area contributed by atoms with Crippen molar-refractivity contribution in [3.8, 4) is 11.3 Å². The van der Waals surface area contributed by atoms with E-state index < -0.39 is 11.7 Å². The maximum atomic E-state index is 13.1. The van der Waals surface area contributed by atoms with Gasteiger partial charge in [-0.1, -0.05) is 22.0 Å². The molecule has 0 atom stereocenters. The third kappa shape index (κ3) is 2.63. The predicted octanol–water partition coefficient (Wildman–Crippen LogP) is 5.06. The molecule has 0 amide bonds. The predicted molar refractivity (Wildman–Crippen MR) is 77.0 cm³/mol. The van der Waals surface area contributed by atoms with Gasteiger partial charge in [0.1, 0.15) is 5.56 Å². The van der Waals surface area contributed by atoms with Crippen LogP contribution < -0.4 is 0 Å². The number of H-pyrrole nitrogens is 1. The van der Waals surface area contributed by atoms with Gasteiger partial charge in [0.15, 0.2) is 0 Å². The Bertz CT molecular complexity index is 829. The minimum atomic E-state index is -4.56. The van der Waals surface area contributed by atoms with Crippen LogP contribution in [0, 0.1) is 0 Å². The molecule has 0 saturated heterocycles. The van der Waals surface area contributed by atoms with Gasteiger partial charge in [-0.25, -0.2) is 9.97 Å². The minimum absolute atomic E-state index is 0.232. The molecule has 0 saturated carbocycles. The van der Waals surface area contributed by atoms with Gasteiger partial charge in [-0.2, -0.15) is 13.2 Å². The number of fused-ring (bicyclic) bond motifs is 1. The third-order valence-corrected chi connectivity index (χ3v) is 3.64. The molecule has 2 heterocycles. The standard InChI is InChI=1S/C13H6BrClF3N3/c14-6-1-2-7-8(4-19-10(7)3-6)11-9(13(16,17)18)5-20-12(15)21-11/h1-5,19H. The fourth-order valence-electron chi connectivity index (χ4n) is 2.07. The Morgan fingerprint density at radius 1 is 1.24 bits per heavy atom. The fraction of sp³-hybridized carbons (Fsp3) is 0.0769. The molecule has 1 aromatic carbocycles. The SMILES string of the molecule is FC(F)(F)c1cnc(Cl)nc1-c1c[nH]c2cc(Br)ccc12. The summed E-state index contributed by atoms with van der Waals surface area (Å²) in [5.41, 5.74) is -0.136. The highest BCUT2D eigenvalue weighted by Crippen LogP contribution is 2.38. The van der Waals surface area contributed by atoms with Crippen molar-refractivity contribution in [3.63, 3.8) is 0 Å². The third-order valence-electron chi connectivity index (χ3n) is 2.96. The molecule has 0 aliphatic carbocycles. The first-order chi connectivity index (χ1) is 9.86. The average Bonchev–Trinajstić information content (AvgIpc) is 2.79. The Morgan fingerprint density at radius 2 is 2.00 bits per heavy atom. The van der Waals surface area contributed by atoms with Crippen LogP contribution in [0.4, 0.5) is 13.2 Å². The van der Waals surface area contributed by atoms with Crippen LogP contribution in [-0.4, -0.2) is 15.0 Å². The number of alkyl halides is 3. The lowest BCUT2D eigenvalue weighted by molar-refractivity contribution is -0.137. The number of hydrogen-bond donors (Lipinski definition) is 1. The van der Waals surface area contributed by atoms with Crippen LogP contribution in [0.25, 0.3) is 22.2 Å². The Morgan fingerprint density at radius 3 is 2.71 bits per heavy atom. The number of nitrogens with zero attached hydrogens (tertiary/aromatic N) is 2. The Balaban J connectivity index is 2.30. The lowest BCUT2D eigenvalue weighted by Gasteiger charge is -2.11. The largest absolute Gasteiger partial charge is 0.419 e. The first kappa shape index (κ1) is 14.3. The second-order valence-corrected chi connectivity index (χ2v) is 5.55. The van der Waals surface area contributed by atoms with Crippen LogP contribution in [-0.2, 0) is 6.18 Å². The van der Waals surface area contributed by atoms with E-state index >= 15 is 0 Å². The summed E-state index contributed by atoms with van der Waals surface area (Å²) in [6.45, 7) is 0. The summed E-state index contributed by atoms with van der Waals surface area (Å²) in [5.74, 6) is 0. The van der Waals surface area contributed by atoms with Crippen LogP contribution in [0.1, 0.15) is 5.56 Å². The van der Waals surface area contributed by atoms with Crippen molar-refractivity contribution in [3.05, 3.63) is 45.9 Å². The zero-order valence-corrected chi connectivity index (χ0v) is 12.5. The summed E-state index contributed by atoms with van der Waals surface area (Å²) in [5, 5.41) is 0.392. The van der Waals surface area contributed by atoms with E-state index in [-0.39, 0.29) is 11.0 Å². The smallest absolute Gasteiger partial charge is 0.360 e. The molecular formula is C13H6BrClF3N3. The fourth-order valence-corrected chi connectivity index (χ4v) is 2.56. The first-order valence-corrected chi connectivity index (χ1v) is 6.90. The van der Waals surface area contributed by atoms with Gasteiger partial charge < -0.3 is 4.98 Å². The lowest BCUT2D eigenvalue weighted by Crippen LogP contribution is -2.09. The van der Waals surface area contributed by atoms with Gasteiger partial charge in [0.05, 0.1) is 5.69 Å². The molecule has 0 aliphatic heterocycles. The van der Waals surface area contributed by atoms with Gasteiger partial charge in [0.25, 0.3) is 0 Å². The molecular weight excluding hydrogens is 371 g/mol. The van der Waals surface area contributed by atoms with Crippen LogP contribution in [0.2, 0.25) is 5.28 Å². The summed E-state index contributed by atoms with van der Waals surface area (Å²) in [4.78, 5) is 10.1. The highest BCUT2D eigenvalue weighted by Gasteiger charge is 2.35. The zero-order valence-electron chi connectivity index (χ0n) is 10.2. The van der Waals surface area contributed by atoms with E-state index in [1.165, 1.54) is 6.20 Å². The molecule has 21 heavy (non-hydrogen) atoms. The molecule has 0 spiro atoms. The van der Waals surface area contributed by atoms with Gasteiger partial charge in [-0.3, -0.25) is 0 Å². The van der Waals surface area contributed by atoms with E-state index in [2.05, 4.69) is 30.9 Å². The maximum Gasteiger partial charge on any atom is 0.419 e. The van der Waals surface area contributed by atoms with Crippen molar-refractivity contribution < 1.29 is 13.2 Å². The molecule has 1 N–H and O–H groups in total. The molecule has 0 unspecified atom stereocenters. The molecule has 3 nitrogen and oxygen atoms in total. The number of aromatic amines is 1. The molecule has 2 aromatic heterocycles. The maximum absolute atomic E-state index is 13.1. The molecule has 0 fully saturated rings. The normalized spacial score (nSPS) is 12.0. The molecule has 108 valence electrons. The molecule has 0 aliphatic rings. The van der Waals surface area contributed by atoms with E-state index in [4.69, 9.17) is 11.6 Å². The molecule has 3 aromatic rings. The van der Waals surface area contributed by atoms with E-state index in [0.29, 0.717) is 22.7 Å². The molecule has 3 rings (SSSR count). The van der Waals surface area contributed by atoms with E-state index in [0.717, 1.165) is 4.47 Å². The molecule has 0 radical (unpaired) electrons. The number of aromatic nitrogens is 3. The Hall–Kier alpha value is -1.60. The summed E-state index contributed by atoms with van der Waals surface area (Å²) in [7, 11) is 0. The lowest BCUT2D eigenvalue weighted by atomic mass is 10.1. The quantitative estimate of drug-likeness (QED) is 0.603. The average molecular weight is 377 g/mol. The van der Waals surface area contributed by atoms with Crippen molar-refractivity contribution in [1.82, 2.24) is 15.0 Å². The van der Waals surface area contributed by atoms with Gasteiger partial charge in [0.2, 0.25) is 5.28 Å². The summed E-state index contributed by atoms with van der Waals surface area (Å²) >= 11 is 8.96. The van der Waals surface area contributed by atoms with Gasteiger partial charge >= 0.3 is 6.18 Å². The summed E-state index contributed by atoms with van der Waals surface area (Å²) in [6.07, 6.45) is -2.38. The summed E-state index contributed by atoms with van der Waals surface area (Å²) < 4.78 is 40.1. The number of halogens is 5. The second kappa shape index (κ2) is 4.99. The van der Waals surface area contributed by atoms with E-state index in [1.54, 1.807) is 18.2 Å². The van der Waals surface area contributed by atoms with Crippen molar-refractivity contribution in [1.29, 1.82) is 0 Å². The topological polar surface area (TPSA) is 41.6 Å². The second-order valence-electron chi connectivity index (χ2n) is 4.29. The van der Waals surface area contributed by atoms with Crippen molar-refractivity contribution in [2.45, 2.75) is 6.18 Å². The monoisotopic (exact) mass is 375 g/mol. The van der Waals surface area contributed by atoms with Gasteiger partial charge in [0, 0.05) is 33.3 Å². The number of hydrogen-bond acceptors (Lipinski definition) is 2. The Labute approximate surface area is 130 Å². The van der Waals surface area contributed by atoms with Gasteiger partial charge in [-0.15, -0.1) is 0 Å². The first-order valence-electron chi connectivity index (χ1n) is 5.73. The number of benzene rings is 1. The van der Waals surface area contributed by atoms with Crippen molar-refractivity contribution in [2.24, 2.45) is 0 Å². The van der Waals surface area contributed by atoms with Crippen LogP contribution in [0.15, 0.2) is 35.1 Å². The van der Waals surface area contributed by atoms with E-state index in [9.17, 15) is 13.2 Å². The van der Waals surface area contributed by atoms with Crippen molar-refractivity contribution in [2.75, 3.05) is 0 Å². The van der Waals surface area contributed by atoms with Crippen LogP contribution >= 0.6 is 27.5 Å². The molecule has 8 heteroatoms. The van der Waals surface area contributed by atoms with Crippen molar-refractivity contribution >= 4 is 38.4 Å². The van der Waals surface area contributed by atoms with Crippen LogP contribution in [0.5, 0.6) is 0 Å². The Kier molecular flexibility index (Phi) is 3.41.